The summed E-state index contributed by atoms with van der Waals surface area (Å²) in [5.74, 6) is 0.448. The Balaban J connectivity index is 1.96. The lowest BCUT2D eigenvalue weighted by Gasteiger charge is -2.07. The lowest BCUT2D eigenvalue weighted by molar-refractivity contribution is 0.387. The summed E-state index contributed by atoms with van der Waals surface area (Å²) in [4.78, 5) is 1.22. The number of aliphatic hydroxyl groups excluding tert-OH is 1. The van der Waals surface area contributed by atoms with Crippen LogP contribution in [-0.2, 0) is 0 Å². The van der Waals surface area contributed by atoms with Gasteiger partial charge in [0.15, 0.2) is 0 Å². The fourth-order valence-electron chi connectivity index (χ4n) is 1.41. The van der Waals surface area contributed by atoms with Gasteiger partial charge in [-0.05, 0) is 41.0 Å². The van der Waals surface area contributed by atoms with E-state index in [1.54, 1.807) is 23.9 Å². The van der Waals surface area contributed by atoms with Crippen molar-refractivity contribution >= 4 is 23.9 Å². The highest BCUT2D eigenvalue weighted by molar-refractivity contribution is 8.05. The Kier molecular flexibility index (Phi) is 3.82. The molecule has 1 aliphatic rings. The average Bonchev–Trinajstić information content (AvgIpc) is 2.79. The number of hydrogen-bond donors (Lipinski definition) is 2. The molecule has 0 amide bonds. The molecule has 0 aliphatic heterocycles. The molecule has 0 unspecified atom stereocenters. The number of aromatic nitrogens is 3. The largest absolute Gasteiger partial charge is 0.512 e. The van der Waals surface area contributed by atoms with Gasteiger partial charge in [-0.1, -0.05) is 6.58 Å². The van der Waals surface area contributed by atoms with Gasteiger partial charge in [-0.2, -0.15) is 15.4 Å². The summed E-state index contributed by atoms with van der Waals surface area (Å²) in [5, 5.41) is 21.7. The predicted octanol–water partition coefficient (Wildman–Crippen LogP) is 3.27. The zero-order chi connectivity index (χ0) is 12.1. The van der Waals surface area contributed by atoms with Crippen LogP contribution in [0.2, 0.25) is 0 Å². The first-order valence-corrected chi connectivity index (χ1v) is 6.12. The van der Waals surface area contributed by atoms with E-state index in [4.69, 9.17) is 0 Å². The minimum absolute atomic E-state index is 0.448. The average molecular weight is 247 g/mol. The SMILES string of the molecule is C=Cc1n[nH]nc1/C=C/SC1=CC=C(O)CC1. The molecule has 0 radical (unpaired) electrons. The number of H-pyrrole nitrogens is 1. The molecule has 1 heterocycles. The summed E-state index contributed by atoms with van der Waals surface area (Å²) in [6.45, 7) is 3.66. The molecule has 2 N–H and O–H groups in total. The smallest absolute Gasteiger partial charge is 0.113 e. The van der Waals surface area contributed by atoms with Crippen molar-refractivity contribution in [1.29, 1.82) is 0 Å². The van der Waals surface area contributed by atoms with Crippen molar-refractivity contribution < 1.29 is 5.11 Å². The van der Waals surface area contributed by atoms with Gasteiger partial charge < -0.3 is 5.11 Å². The van der Waals surface area contributed by atoms with E-state index in [0.29, 0.717) is 12.2 Å². The molecular formula is C12H13N3OS. The Morgan fingerprint density at radius 2 is 2.12 bits per heavy atom. The second kappa shape index (κ2) is 5.54. The van der Waals surface area contributed by atoms with Crippen LogP contribution in [-0.4, -0.2) is 20.5 Å². The van der Waals surface area contributed by atoms with Crippen LogP contribution in [0.5, 0.6) is 0 Å². The molecule has 0 saturated heterocycles. The minimum atomic E-state index is 0.448. The lowest BCUT2D eigenvalue weighted by Crippen LogP contribution is -1.88. The summed E-state index contributed by atoms with van der Waals surface area (Å²) < 4.78 is 0. The van der Waals surface area contributed by atoms with E-state index in [9.17, 15) is 5.11 Å². The van der Waals surface area contributed by atoms with Crippen molar-refractivity contribution in [2.75, 3.05) is 0 Å². The fourth-order valence-corrected chi connectivity index (χ4v) is 2.15. The lowest BCUT2D eigenvalue weighted by atomic mass is 10.2. The molecule has 17 heavy (non-hydrogen) atoms. The third kappa shape index (κ3) is 3.10. The van der Waals surface area contributed by atoms with Crippen molar-refractivity contribution in [2.45, 2.75) is 12.8 Å². The monoisotopic (exact) mass is 247 g/mol. The van der Waals surface area contributed by atoms with E-state index in [1.165, 1.54) is 4.91 Å². The Bertz CT molecular complexity index is 500. The third-order valence-electron chi connectivity index (χ3n) is 2.33. The fraction of sp³-hybridized carbons (Fsp3) is 0.167. The first kappa shape index (κ1) is 11.7. The molecule has 1 aromatic rings. The van der Waals surface area contributed by atoms with Crippen LogP contribution in [0.15, 0.2) is 34.8 Å². The number of hydrogen-bond acceptors (Lipinski definition) is 4. The van der Waals surface area contributed by atoms with Crippen LogP contribution < -0.4 is 0 Å². The standard InChI is InChI=1S/C12H13N3OS/c1-2-11-12(14-15-13-11)7-8-17-10-5-3-9(16)4-6-10/h2-3,5,7-8,16H,1,4,6H2,(H,13,14,15)/b8-7+. The molecule has 5 heteroatoms. The molecule has 88 valence electrons. The number of nitrogens with one attached hydrogen (secondary N) is 1. The highest BCUT2D eigenvalue weighted by Gasteiger charge is 2.04. The molecule has 1 aliphatic carbocycles. The maximum Gasteiger partial charge on any atom is 0.113 e. The van der Waals surface area contributed by atoms with Crippen LogP contribution in [0.4, 0.5) is 0 Å². The molecule has 0 atom stereocenters. The van der Waals surface area contributed by atoms with Gasteiger partial charge in [0.25, 0.3) is 0 Å². The molecule has 0 spiro atoms. The predicted molar refractivity (Wildman–Crippen MR) is 71.1 cm³/mol. The van der Waals surface area contributed by atoms with E-state index >= 15 is 0 Å². The Labute approximate surface area is 104 Å². The maximum atomic E-state index is 9.23. The van der Waals surface area contributed by atoms with Crippen LogP contribution in [0.3, 0.4) is 0 Å². The molecule has 0 bridgehead atoms. The zero-order valence-electron chi connectivity index (χ0n) is 9.26. The van der Waals surface area contributed by atoms with E-state index in [2.05, 4.69) is 22.0 Å². The second-order valence-electron chi connectivity index (χ2n) is 3.51. The van der Waals surface area contributed by atoms with Gasteiger partial charge in [0.2, 0.25) is 0 Å². The number of aromatic amines is 1. The quantitative estimate of drug-likeness (QED) is 0.857. The zero-order valence-corrected chi connectivity index (χ0v) is 10.1. The van der Waals surface area contributed by atoms with Crippen LogP contribution in [0.25, 0.3) is 12.2 Å². The number of nitrogens with zero attached hydrogens (tertiary/aromatic N) is 2. The summed E-state index contributed by atoms with van der Waals surface area (Å²) in [6, 6.07) is 0. The van der Waals surface area contributed by atoms with Gasteiger partial charge >= 0.3 is 0 Å². The van der Waals surface area contributed by atoms with Crippen molar-refractivity contribution in [2.24, 2.45) is 0 Å². The second-order valence-corrected chi connectivity index (χ2v) is 4.54. The van der Waals surface area contributed by atoms with E-state index in [-0.39, 0.29) is 0 Å². The van der Waals surface area contributed by atoms with Gasteiger partial charge in [0.05, 0.1) is 5.76 Å². The van der Waals surface area contributed by atoms with Crippen molar-refractivity contribution in [3.05, 3.63) is 46.2 Å². The Morgan fingerprint density at radius 3 is 2.82 bits per heavy atom. The number of allylic oxidation sites excluding steroid dienone is 4. The summed E-state index contributed by atoms with van der Waals surface area (Å²) >= 11 is 1.63. The maximum absolute atomic E-state index is 9.23. The summed E-state index contributed by atoms with van der Waals surface area (Å²) in [7, 11) is 0. The Morgan fingerprint density at radius 1 is 1.29 bits per heavy atom. The molecule has 2 rings (SSSR count). The van der Waals surface area contributed by atoms with E-state index in [1.807, 2.05) is 17.6 Å². The summed E-state index contributed by atoms with van der Waals surface area (Å²) in [5.41, 5.74) is 1.53. The van der Waals surface area contributed by atoms with Crippen molar-refractivity contribution in [3.8, 4) is 0 Å². The third-order valence-corrected chi connectivity index (χ3v) is 3.25. The molecule has 4 nitrogen and oxygen atoms in total. The number of rotatable bonds is 4. The topological polar surface area (TPSA) is 61.8 Å². The van der Waals surface area contributed by atoms with Gasteiger partial charge in [-0.3, -0.25) is 0 Å². The van der Waals surface area contributed by atoms with E-state index < -0.39 is 0 Å². The first-order chi connectivity index (χ1) is 8.29. The molecular weight excluding hydrogens is 234 g/mol. The minimum Gasteiger partial charge on any atom is -0.512 e. The van der Waals surface area contributed by atoms with Gasteiger partial charge in [-0.25, -0.2) is 0 Å². The normalized spacial score (nSPS) is 15.8. The van der Waals surface area contributed by atoms with Gasteiger partial charge in [0.1, 0.15) is 11.4 Å². The van der Waals surface area contributed by atoms with Crippen molar-refractivity contribution in [3.63, 3.8) is 0 Å². The van der Waals surface area contributed by atoms with Crippen LogP contribution in [0, 0.1) is 0 Å². The van der Waals surface area contributed by atoms with Crippen LogP contribution >= 0.6 is 11.8 Å². The highest BCUT2D eigenvalue weighted by Crippen LogP contribution is 2.27. The Hall–Kier alpha value is -1.75. The molecule has 1 aromatic heterocycles. The van der Waals surface area contributed by atoms with Gasteiger partial charge in [-0.15, -0.1) is 11.8 Å². The number of thioether (sulfide) groups is 1. The van der Waals surface area contributed by atoms with Crippen LogP contribution in [0.1, 0.15) is 24.2 Å². The van der Waals surface area contributed by atoms with Gasteiger partial charge in [0, 0.05) is 6.42 Å². The number of aliphatic hydroxyl groups is 1. The summed E-state index contributed by atoms with van der Waals surface area (Å²) in [6.07, 6.45) is 8.83. The highest BCUT2D eigenvalue weighted by atomic mass is 32.2. The van der Waals surface area contributed by atoms with Crippen molar-refractivity contribution in [1.82, 2.24) is 15.4 Å². The molecule has 0 saturated carbocycles. The first-order valence-electron chi connectivity index (χ1n) is 5.24. The van der Waals surface area contributed by atoms with E-state index in [0.717, 1.165) is 17.8 Å². The molecule has 0 fully saturated rings. The molecule has 0 aromatic carbocycles.